The SMILES string of the molecule is CCOc1cc(/C=C(/C#N)c2ccc(Br)cc2)cc(I)c1OCc1ccc([N+](=O)[O-])cc1. The molecule has 0 saturated heterocycles. The molecule has 0 unspecified atom stereocenters. The van der Waals surface area contributed by atoms with Crippen LogP contribution in [0.1, 0.15) is 23.6 Å². The van der Waals surface area contributed by atoms with Crippen molar-refractivity contribution in [2.75, 3.05) is 6.61 Å². The second-order valence-corrected chi connectivity index (χ2v) is 8.73. The van der Waals surface area contributed by atoms with E-state index in [4.69, 9.17) is 9.47 Å². The Balaban J connectivity index is 1.87. The molecule has 0 spiro atoms. The highest BCUT2D eigenvalue weighted by atomic mass is 127. The summed E-state index contributed by atoms with van der Waals surface area (Å²) in [6, 6.07) is 19.8. The zero-order valence-electron chi connectivity index (χ0n) is 17.0. The summed E-state index contributed by atoms with van der Waals surface area (Å²) in [7, 11) is 0. The molecule has 3 aromatic carbocycles. The maximum atomic E-state index is 10.8. The largest absolute Gasteiger partial charge is 0.490 e. The van der Waals surface area contributed by atoms with Crippen molar-refractivity contribution < 1.29 is 14.4 Å². The number of nitro groups is 1. The van der Waals surface area contributed by atoms with E-state index < -0.39 is 4.92 Å². The van der Waals surface area contributed by atoms with Crippen molar-refractivity contribution in [3.8, 4) is 17.6 Å². The highest BCUT2D eigenvalue weighted by molar-refractivity contribution is 14.1. The lowest BCUT2D eigenvalue weighted by atomic mass is 10.0. The molecule has 0 atom stereocenters. The van der Waals surface area contributed by atoms with Crippen LogP contribution in [-0.2, 0) is 6.61 Å². The van der Waals surface area contributed by atoms with Gasteiger partial charge in [0.15, 0.2) is 11.5 Å². The average Bonchev–Trinajstić information content (AvgIpc) is 2.78. The van der Waals surface area contributed by atoms with Crippen molar-refractivity contribution in [1.82, 2.24) is 0 Å². The number of nitrogens with zero attached hydrogens (tertiary/aromatic N) is 2. The summed E-state index contributed by atoms with van der Waals surface area (Å²) in [5.74, 6) is 1.16. The van der Waals surface area contributed by atoms with Crippen molar-refractivity contribution in [2.24, 2.45) is 0 Å². The molecular formula is C24H18BrIN2O4. The van der Waals surface area contributed by atoms with E-state index in [1.165, 1.54) is 12.1 Å². The Hall–Kier alpha value is -2.90. The maximum Gasteiger partial charge on any atom is 0.269 e. The number of non-ortho nitro benzene ring substituents is 1. The van der Waals surface area contributed by atoms with Crippen LogP contribution in [0.5, 0.6) is 11.5 Å². The molecule has 3 rings (SSSR count). The number of halogens is 2. The Labute approximate surface area is 207 Å². The van der Waals surface area contributed by atoms with Gasteiger partial charge < -0.3 is 9.47 Å². The van der Waals surface area contributed by atoms with Gasteiger partial charge in [0.25, 0.3) is 5.69 Å². The smallest absolute Gasteiger partial charge is 0.269 e. The molecule has 0 heterocycles. The van der Waals surface area contributed by atoms with Crippen LogP contribution in [0.4, 0.5) is 5.69 Å². The van der Waals surface area contributed by atoms with E-state index in [0.717, 1.165) is 24.7 Å². The average molecular weight is 605 g/mol. The third-order valence-corrected chi connectivity index (χ3v) is 5.78. The van der Waals surface area contributed by atoms with Gasteiger partial charge in [-0.25, -0.2) is 0 Å². The van der Waals surface area contributed by atoms with Gasteiger partial charge in [-0.2, -0.15) is 5.26 Å². The lowest BCUT2D eigenvalue weighted by molar-refractivity contribution is -0.384. The molecule has 0 aliphatic carbocycles. The number of rotatable bonds is 8. The van der Waals surface area contributed by atoms with Crippen LogP contribution in [0.3, 0.4) is 0 Å². The second-order valence-electron chi connectivity index (χ2n) is 6.65. The molecule has 0 radical (unpaired) electrons. The van der Waals surface area contributed by atoms with Crippen molar-refractivity contribution in [3.63, 3.8) is 0 Å². The van der Waals surface area contributed by atoms with Crippen LogP contribution in [0.25, 0.3) is 11.6 Å². The van der Waals surface area contributed by atoms with Crippen molar-refractivity contribution in [1.29, 1.82) is 5.26 Å². The minimum atomic E-state index is -0.434. The van der Waals surface area contributed by atoms with E-state index in [2.05, 4.69) is 44.6 Å². The van der Waals surface area contributed by atoms with Crippen molar-refractivity contribution >= 4 is 55.9 Å². The predicted molar refractivity (Wildman–Crippen MR) is 135 cm³/mol. The van der Waals surface area contributed by atoms with Gasteiger partial charge in [-0.1, -0.05) is 28.1 Å². The minimum absolute atomic E-state index is 0.0357. The molecule has 0 bridgehead atoms. The van der Waals surface area contributed by atoms with Gasteiger partial charge in [0.2, 0.25) is 0 Å². The fourth-order valence-electron chi connectivity index (χ4n) is 2.92. The monoisotopic (exact) mass is 604 g/mol. The van der Waals surface area contributed by atoms with Gasteiger partial charge in [-0.15, -0.1) is 0 Å². The van der Waals surface area contributed by atoms with E-state index in [1.807, 2.05) is 49.4 Å². The zero-order valence-corrected chi connectivity index (χ0v) is 20.8. The number of benzene rings is 3. The quantitative estimate of drug-likeness (QED) is 0.0908. The molecule has 0 saturated carbocycles. The first kappa shape index (κ1) is 23.8. The zero-order chi connectivity index (χ0) is 23.1. The van der Waals surface area contributed by atoms with Crippen LogP contribution in [0.2, 0.25) is 0 Å². The maximum absolute atomic E-state index is 10.8. The molecule has 8 heteroatoms. The van der Waals surface area contributed by atoms with E-state index in [-0.39, 0.29) is 12.3 Å². The first-order chi connectivity index (χ1) is 15.4. The first-order valence-electron chi connectivity index (χ1n) is 9.61. The van der Waals surface area contributed by atoms with Crippen LogP contribution in [0.15, 0.2) is 65.1 Å². The molecule has 0 N–H and O–H groups in total. The first-order valence-corrected chi connectivity index (χ1v) is 11.5. The van der Waals surface area contributed by atoms with Gasteiger partial charge in [0.05, 0.1) is 26.7 Å². The molecule has 0 amide bonds. The number of nitro benzene ring substituents is 1. The Morgan fingerprint density at radius 3 is 2.44 bits per heavy atom. The number of nitriles is 1. The molecule has 6 nitrogen and oxygen atoms in total. The van der Waals surface area contributed by atoms with Gasteiger partial charge in [0, 0.05) is 16.6 Å². The highest BCUT2D eigenvalue weighted by Crippen LogP contribution is 2.36. The third-order valence-electron chi connectivity index (χ3n) is 4.45. The Morgan fingerprint density at radius 2 is 1.84 bits per heavy atom. The Kier molecular flexibility index (Phi) is 8.25. The number of ether oxygens (including phenoxy) is 2. The summed E-state index contributed by atoms with van der Waals surface area (Å²) in [6.45, 7) is 2.58. The molecule has 162 valence electrons. The van der Waals surface area contributed by atoms with E-state index in [1.54, 1.807) is 12.1 Å². The molecule has 0 aliphatic rings. The van der Waals surface area contributed by atoms with E-state index >= 15 is 0 Å². The number of hydrogen-bond donors (Lipinski definition) is 0. The Morgan fingerprint density at radius 1 is 1.16 bits per heavy atom. The summed E-state index contributed by atoms with van der Waals surface area (Å²) in [5, 5.41) is 20.5. The summed E-state index contributed by atoms with van der Waals surface area (Å²) >= 11 is 5.58. The van der Waals surface area contributed by atoms with E-state index in [9.17, 15) is 15.4 Å². The topological polar surface area (TPSA) is 85.4 Å². The molecular weight excluding hydrogens is 587 g/mol. The summed E-state index contributed by atoms with van der Waals surface area (Å²) in [6.07, 6.45) is 1.81. The van der Waals surface area contributed by atoms with Crippen LogP contribution < -0.4 is 9.47 Å². The van der Waals surface area contributed by atoms with Crippen molar-refractivity contribution in [3.05, 3.63) is 95.5 Å². The molecule has 0 aromatic heterocycles. The van der Waals surface area contributed by atoms with Gasteiger partial charge in [-0.05, 0) is 88.7 Å². The number of allylic oxidation sites excluding steroid dienone is 1. The lowest BCUT2D eigenvalue weighted by Crippen LogP contribution is -2.02. The fraction of sp³-hybridized carbons (Fsp3) is 0.125. The van der Waals surface area contributed by atoms with Gasteiger partial charge >= 0.3 is 0 Å². The standard InChI is InChI=1S/C24H18BrIN2O4/c1-2-31-23-13-17(11-19(14-27)18-5-7-20(25)8-6-18)12-22(26)24(23)32-15-16-3-9-21(10-4-16)28(29)30/h3-13H,2,15H2,1H3/b19-11-. The summed E-state index contributed by atoms with van der Waals surface area (Å²) in [4.78, 5) is 10.4. The van der Waals surface area contributed by atoms with Gasteiger partial charge in [-0.3, -0.25) is 10.1 Å². The fourth-order valence-corrected chi connectivity index (χ4v) is 3.97. The minimum Gasteiger partial charge on any atom is -0.490 e. The highest BCUT2D eigenvalue weighted by Gasteiger charge is 2.13. The lowest BCUT2D eigenvalue weighted by Gasteiger charge is -2.15. The van der Waals surface area contributed by atoms with Crippen LogP contribution in [-0.4, -0.2) is 11.5 Å². The molecule has 0 fully saturated rings. The van der Waals surface area contributed by atoms with Crippen LogP contribution in [0, 0.1) is 25.0 Å². The third kappa shape index (κ3) is 6.08. The molecule has 32 heavy (non-hydrogen) atoms. The Bertz CT molecular complexity index is 1190. The summed E-state index contributed by atoms with van der Waals surface area (Å²) < 4.78 is 13.6. The van der Waals surface area contributed by atoms with E-state index in [0.29, 0.717) is 23.7 Å². The molecule has 0 aliphatic heterocycles. The predicted octanol–water partition coefficient (Wildman–Crippen LogP) is 7.00. The number of hydrogen-bond acceptors (Lipinski definition) is 5. The summed E-state index contributed by atoms with van der Waals surface area (Å²) in [5.41, 5.74) is 3.02. The normalized spacial score (nSPS) is 11.0. The van der Waals surface area contributed by atoms with Crippen LogP contribution >= 0.6 is 38.5 Å². The molecule has 3 aromatic rings. The second kappa shape index (κ2) is 11.1. The van der Waals surface area contributed by atoms with Crippen molar-refractivity contribution in [2.45, 2.75) is 13.5 Å². The van der Waals surface area contributed by atoms with Gasteiger partial charge in [0.1, 0.15) is 6.61 Å².